The van der Waals surface area contributed by atoms with Crippen LogP contribution in [0.5, 0.6) is 5.75 Å². The van der Waals surface area contributed by atoms with Gasteiger partial charge in [0.15, 0.2) is 5.69 Å². The number of rotatable bonds is 4. The highest BCUT2D eigenvalue weighted by atomic mass is 16.6. The number of phenols is 1. The van der Waals surface area contributed by atoms with Gasteiger partial charge >= 0.3 is 0 Å². The summed E-state index contributed by atoms with van der Waals surface area (Å²) < 4.78 is 4.36. The van der Waals surface area contributed by atoms with E-state index in [2.05, 4.69) is 25.5 Å². The van der Waals surface area contributed by atoms with Gasteiger partial charge in [0.2, 0.25) is 0 Å². The molecule has 2 aromatic rings. The molecule has 0 fully saturated rings. The number of non-ortho nitro benzene ring substituents is 1. The SMILES string of the molecule is Cc1nonc1C(=O)NN=Cc1cc([N+](=O)[O-])ccc1O. The lowest BCUT2D eigenvalue weighted by Crippen LogP contribution is -2.19. The molecule has 1 amide bonds. The molecule has 0 radical (unpaired) electrons. The summed E-state index contributed by atoms with van der Waals surface area (Å²) in [6.45, 7) is 1.53. The second-order valence-corrected chi connectivity index (χ2v) is 3.90. The third-order valence-corrected chi connectivity index (χ3v) is 2.46. The van der Waals surface area contributed by atoms with Gasteiger partial charge in [0, 0.05) is 17.7 Å². The molecule has 1 aromatic carbocycles. The van der Waals surface area contributed by atoms with Gasteiger partial charge in [-0.05, 0) is 18.1 Å². The highest BCUT2D eigenvalue weighted by Gasteiger charge is 2.14. The molecule has 10 heteroatoms. The van der Waals surface area contributed by atoms with Gasteiger partial charge in [-0.2, -0.15) is 5.10 Å². The first-order valence-electron chi connectivity index (χ1n) is 5.59. The van der Waals surface area contributed by atoms with Crippen LogP contribution in [0.1, 0.15) is 21.7 Å². The minimum Gasteiger partial charge on any atom is -0.507 e. The molecular weight excluding hydrogens is 282 g/mol. The first-order valence-corrected chi connectivity index (χ1v) is 5.59. The molecule has 0 aliphatic rings. The summed E-state index contributed by atoms with van der Waals surface area (Å²) >= 11 is 0. The molecule has 21 heavy (non-hydrogen) atoms. The molecule has 0 saturated heterocycles. The highest BCUT2D eigenvalue weighted by molar-refractivity contribution is 5.94. The van der Waals surface area contributed by atoms with E-state index in [0.29, 0.717) is 5.69 Å². The van der Waals surface area contributed by atoms with Crippen LogP contribution in [0.4, 0.5) is 5.69 Å². The number of nitrogens with zero attached hydrogens (tertiary/aromatic N) is 4. The summed E-state index contributed by atoms with van der Waals surface area (Å²) in [5, 5.41) is 30.6. The first kappa shape index (κ1) is 14.1. The Bertz CT molecular complexity index is 724. The van der Waals surface area contributed by atoms with Crippen LogP contribution in [0.3, 0.4) is 0 Å². The maximum atomic E-state index is 11.6. The quantitative estimate of drug-likeness (QED) is 0.480. The van der Waals surface area contributed by atoms with E-state index >= 15 is 0 Å². The molecule has 108 valence electrons. The monoisotopic (exact) mass is 291 g/mol. The molecule has 0 spiro atoms. The molecule has 1 heterocycles. The van der Waals surface area contributed by atoms with Gasteiger partial charge in [-0.1, -0.05) is 5.16 Å². The number of nitro benzene ring substituents is 1. The molecule has 2 rings (SSSR count). The third kappa shape index (κ3) is 3.18. The van der Waals surface area contributed by atoms with Gasteiger partial charge in [-0.15, -0.1) is 0 Å². The average molecular weight is 291 g/mol. The number of carbonyl (C=O) groups is 1. The van der Waals surface area contributed by atoms with Crippen molar-refractivity contribution in [1.29, 1.82) is 0 Å². The number of benzene rings is 1. The summed E-state index contributed by atoms with van der Waals surface area (Å²) in [6.07, 6.45) is 1.07. The van der Waals surface area contributed by atoms with E-state index in [1.165, 1.54) is 6.92 Å². The lowest BCUT2D eigenvalue weighted by molar-refractivity contribution is -0.384. The highest BCUT2D eigenvalue weighted by Crippen LogP contribution is 2.21. The maximum absolute atomic E-state index is 11.6. The normalized spacial score (nSPS) is 10.7. The van der Waals surface area contributed by atoms with Crippen molar-refractivity contribution in [3.63, 3.8) is 0 Å². The Labute approximate surface area is 117 Å². The predicted octanol–water partition coefficient (Wildman–Crippen LogP) is 0.756. The fraction of sp³-hybridized carbons (Fsp3) is 0.0909. The minimum atomic E-state index is -0.657. The number of hydrazone groups is 1. The van der Waals surface area contributed by atoms with Crippen LogP contribution in [0, 0.1) is 17.0 Å². The molecule has 1 aromatic heterocycles. The molecular formula is C11H9N5O5. The number of aromatic nitrogens is 2. The van der Waals surface area contributed by atoms with Gasteiger partial charge in [-0.25, -0.2) is 10.1 Å². The fourth-order valence-corrected chi connectivity index (χ4v) is 1.41. The van der Waals surface area contributed by atoms with E-state index in [4.69, 9.17) is 0 Å². The van der Waals surface area contributed by atoms with Crippen molar-refractivity contribution in [2.45, 2.75) is 6.92 Å². The lowest BCUT2D eigenvalue weighted by Gasteiger charge is -1.99. The van der Waals surface area contributed by atoms with Crippen molar-refractivity contribution in [3.05, 3.63) is 45.3 Å². The van der Waals surface area contributed by atoms with Gasteiger partial charge in [-0.3, -0.25) is 14.9 Å². The topological polar surface area (TPSA) is 144 Å². The van der Waals surface area contributed by atoms with Crippen molar-refractivity contribution in [2.75, 3.05) is 0 Å². The van der Waals surface area contributed by atoms with Crippen LogP contribution in [0.25, 0.3) is 0 Å². The Morgan fingerprint density at radius 1 is 1.52 bits per heavy atom. The standard InChI is InChI=1S/C11H9N5O5/c1-6-10(15-21-14-6)11(18)13-12-5-7-4-8(16(19)20)2-3-9(7)17/h2-5,17H,1H3,(H,13,18). The molecule has 0 bridgehead atoms. The summed E-state index contributed by atoms with van der Waals surface area (Å²) in [5.74, 6) is -0.868. The van der Waals surface area contributed by atoms with Gasteiger partial charge < -0.3 is 5.11 Å². The number of phenolic OH excluding ortho intramolecular Hbond substituents is 1. The van der Waals surface area contributed by atoms with Gasteiger partial charge in [0.05, 0.1) is 11.1 Å². The van der Waals surface area contributed by atoms with E-state index in [1.54, 1.807) is 0 Å². The van der Waals surface area contributed by atoms with Crippen LogP contribution in [0.2, 0.25) is 0 Å². The zero-order chi connectivity index (χ0) is 15.4. The van der Waals surface area contributed by atoms with E-state index in [9.17, 15) is 20.0 Å². The number of aromatic hydroxyl groups is 1. The van der Waals surface area contributed by atoms with E-state index in [-0.39, 0.29) is 22.7 Å². The third-order valence-electron chi connectivity index (χ3n) is 2.46. The molecule has 0 unspecified atom stereocenters. The van der Waals surface area contributed by atoms with Crippen LogP contribution < -0.4 is 5.43 Å². The Balaban J connectivity index is 2.11. The van der Waals surface area contributed by atoms with Crippen molar-refractivity contribution < 1.29 is 19.5 Å². The lowest BCUT2D eigenvalue weighted by atomic mass is 10.2. The van der Waals surface area contributed by atoms with Crippen LogP contribution >= 0.6 is 0 Å². The Morgan fingerprint density at radius 2 is 2.29 bits per heavy atom. The number of amides is 1. The summed E-state index contributed by atoms with van der Waals surface area (Å²) in [6, 6.07) is 3.43. The van der Waals surface area contributed by atoms with Crippen molar-refractivity contribution >= 4 is 17.8 Å². The average Bonchev–Trinajstić information content (AvgIpc) is 2.86. The Morgan fingerprint density at radius 3 is 2.90 bits per heavy atom. The van der Waals surface area contributed by atoms with Crippen LogP contribution in [-0.4, -0.2) is 32.5 Å². The smallest absolute Gasteiger partial charge is 0.295 e. The molecule has 0 saturated carbocycles. The first-order chi connectivity index (χ1) is 9.99. The van der Waals surface area contributed by atoms with Crippen molar-refractivity contribution in [1.82, 2.24) is 15.7 Å². The Hall–Kier alpha value is -3.30. The van der Waals surface area contributed by atoms with E-state index in [0.717, 1.165) is 24.4 Å². The van der Waals surface area contributed by atoms with Crippen LogP contribution in [-0.2, 0) is 0 Å². The number of aryl methyl sites for hydroxylation is 1. The molecule has 0 atom stereocenters. The Kier molecular flexibility index (Phi) is 3.88. The number of hydrogen-bond donors (Lipinski definition) is 2. The van der Waals surface area contributed by atoms with E-state index < -0.39 is 10.8 Å². The summed E-state index contributed by atoms with van der Waals surface area (Å²) in [7, 11) is 0. The van der Waals surface area contributed by atoms with Crippen LogP contribution in [0.15, 0.2) is 27.9 Å². The molecule has 10 nitrogen and oxygen atoms in total. The molecule has 0 aliphatic heterocycles. The van der Waals surface area contributed by atoms with Crippen molar-refractivity contribution in [2.24, 2.45) is 5.10 Å². The molecule has 2 N–H and O–H groups in total. The number of hydrogen-bond acceptors (Lipinski definition) is 8. The van der Waals surface area contributed by atoms with Gasteiger partial charge in [0.1, 0.15) is 11.4 Å². The second kappa shape index (κ2) is 5.77. The zero-order valence-electron chi connectivity index (χ0n) is 10.7. The fourth-order valence-electron chi connectivity index (χ4n) is 1.41. The second-order valence-electron chi connectivity index (χ2n) is 3.90. The van der Waals surface area contributed by atoms with E-state index in [1.807, 2.05) is 0 Å². The zero-order valence-corrected chi connectivity index (χ0v) is 10.7. The maximum Gasteiger partial charge on any atom is 0.295 e. The number of nitrogens with one attached hydrogen (secondary N) is 1. The summed E-state index contributed by atoms with van der Waals surface area (Å²) in [4.78, 5) is 21.6. The predicted molar refractivity (Wildman–Crippen MR) is 68.9 cm³/mol. The van der Waals surface area contributed by atoms with Gasteiger partial charge in [0.25, 0.3) is 11.6 Å². The van der Waals surface area contributed by atoms with Crippen molar-refractivity contribution in [3.8, 4) is 5.75 Å². The summed E-state index contributed by atoms with van der Waals surface area (Å²) in [5.41, 5.74) is 2.27. The number of carbonyl (C=O) groups excluding carboxylic acids is 1. The molecule has 0 aliphatic carbocycles. The number of nitro groups is 1. The minimum absolute atomic E-state index is 0.0320. The largest absolute Gasteiger partial charge is 0.507 e.